The van der Waals surface area contributed by atoms with Crippen molar-refractivity contribution in [2.45, 2.75) is 90.5 Å². The predicted molar refractivity (Wildman–Crippen MR) is 114 cm³/mol. The van der Waals surface area contributed by atoms with E-state index in [1.54, 1.807) is 0 Å². The third-order valence-electron chi connectivity index (χ3n) is 5.56. The zero-order valence-electron chi connectivity index (χ0n) is 17.5. The predicted octanol–water partition coefficient (Wildman–Crippen LogP) is 6.97. The van der Waals surface area contributed by atoms with Crippen LogP contribution in [0.5, 0.6) is 0 Å². The molecule has 0 N–H and O–H groups in total. The molecule has 0 spiro atoms. The van der Waals surface area contributed by atoms with Crippen LogP contribution < -0.4 is 0 Å². The zero-order chi connectivity index (χ0) is 19.5. The number of carbonyl (C=O) groups excluding carboxylic acids is 1. The number of nitrogens with zero attached hydrogens (tertiary/aromatic N) is 1. The van der Waals surface area contributed by atoms with Crippen LogP contribution in [0.1, 0.15) is 89.3 Å². The van der Waals surface area contributed by atoms with Gasteiger partial charge < -0.3 is 9.30 Å². The number of hydrogen-bond acceptors (Lipinski definition) is 2. The van der Waals surface area contributed by atoms with Crippen molar-refractivity contribution in [2.75, 3.05) is 7.11 Å². The van der Waals surface area contributed by atoms with Crippen molar-refractivity contribution >= 4 is 16.9 Å². The first-order chi connectivity index (χ1) is 13.2. The summed E-state index contributed by atoms with van der Waals surface area (Å²) in [4.78, 5) is 12.5. The van der Waals surface area contributed by atoms with E-state index in [0.717, 1.165) is 24.1 Å². The first kappa shape index (κ1) is 21.5. The highest BCUT2D eigenvalue weighted by molar-refractivity contribution is 5.84. The minimum atomic E-state index is -0.219. The van der Waals surface area contributed by atoms with Crippen molar-refractivity contribution in [2.24, 2.45) is 0 Å². The fourth-order valence-corrected chi connectivity index (χ4v) is 4.04. The maximum Gasteiger partial charge on any atom is 0.328 e. The molecule has 0 saturated heterocycles. The Morgan fingerprint density at radius 3 is 2.19 bits per heavy atom. The van der Waals surface area contributed by atoms with Gasteiger partial charge in [0, 0.05) is 11.2 Å². The van der Waals surface area contributed by atoms with Crippen molar-refractivity contribution in [3.63, 3.8) is 0 Å². The molecule has 0 amide bonds. The van der Waals surface area contributed by atoms with Crippen LogP contribution in [0.25, 0.3) is 10.9 Å². The molecule has 0 aliphatic heterocycles. The molecule has 0 fully saturated rings. The Morgan fingerprint density at radius 2 is 1.56 bits per heavy atom. The van der Waals surface area contributed by atoms with E-state index >= 15 is 0 Å². The Morgan fingerprint density at radius 1 is 0.963 bits per heavy atom. The Kier molecular flexibility index (Phi) is 9.44. The van der Waals surface area contributed by atoms with Gasteiger partial charge in [0.1, 0.15) is 6.04 Å². The molecular weight excluding hydrogens is 334 g/mol. The van der Waals surface area contributed by atoms with Gasteiger partial charge in [0.25, 0.3) is 0 Å². The van der Waals surface area contributed by atoms with Gasteiger partial charge in [-0.05, 0) is 30.9 Å². The number of benzene rings is 1. The summed E-state index contributed by atoms with van der Waals surface area (Å²) >= 11 is 0. The SMILES string of the molecule is CCCCCCCCCCCCC(C(=O)OC)n1c(C)cc2ccccc21. The van der Waals surface area contributed by atoms with Gasteiger partial charge in [-0.2, -0.15) is 0 Å². The lowest BCUT2D eigenvalue weighted by Gasteiger charge is -2.20. The number of methoxy groups -OCH3 is 1. The minimum Gasteiger partial charge on any atom is -0.467 e. The number of ether oxygens (including phenoxy) is 1. The summed E-state index contributed by atoms with van der Waals surface area (Å²) in [6.07, 6.45) is 13.9. The fraction of sp³-hybridized carbons (Fsp3) is 0.625. The molecule has 1 aromatic heterocycles. The lowest BCUT2D eigenvalue weighted by Crippen LogP contribution is -2.21. The molecule has 3 heteroatoms. The van der Waals surface area contributed by atoms with E-state index in [1.165, 1.54) is 70.3 Å². The topological polar surface area (TPSA) is 31.2 Å². The van der Waals surface area contributed by atoms with Crippen LogP contribution in [0.3, 0.4) is 0 Å². The molecule has 2 aromatic rings. The van der Waals surface area contributed by atoms with E-state index < -0.39 is 0 Å². The molecule has 1 aromatic carbocycles. The Bertz CT molecular complexity index is 689. The van der Waals surface area contributed by atoms with E-state index in [0.29, 0.717) is 0 Å². The molecule has 0 aliphatic rings. The van der Waals surface area contributed by atoms with Gasteiger partial charge in [0.2, 0.25) is 0 Å². The van der Waals surface area contributed by atoms with Crippen LogP contribution >= 0.6 is 0 Å². The van der Waals surface area contributed by atoms with Gasteiger partial charge in [0.15, 0.2) is 0 Å². The van der Waals surface area contributed by atoms with Gasteiger partial charge in [-0.1, -0.05) is 89.3 Å². The second-order valence-corrected chi connectivity index (χ2v) is 7.72. The number of carbonyl (C=O) groups is 1. The van der Waals surface area contributed by atoms with Crippen LogP contribution in [0.4, 0.5) is 0 Å². The van der Waals surface area contributed by atoms with E-state index in [-0.39, 0.29) is 12.0 Å². The van der Waals surface area contributed by atoms with Crippen LogP contribution in [0.2, 0.25) is 0 Å². The third-order valence-corrected chi connectivity index (χ3v) is 5.56. The van der Waals surface area contributed by atoms with Crippen LogP contribution in [-0.4, -0.2) is 17.6 Å². The highest BCUT2D eigenvalue weighted by Crippen LogP contribution is 2.28. The van der Waals surface area contributed by atoms with Gasteiger partial charge in [0.05, 0.1) is 7.11 Å². The molecule has 0 aliphatic carbocycles. The van der Waals surface area contributed by atoms with Gasteiger partial charge >= 0.3 is 5.97 Å². The van der Waals surface area contributed by atoms with Crippen LogP contribution in [0.15, 0.2) is 30.3 Å². The lowest BCUT2D eigenvalue weighted by atomic mass is 10.0. The van der Waals surface area contributed by atoms with Gasteiger partial charge in [-0.15, -0.1) is 0 Å². The molecule has 0 saturated carbocycles. The summed E-state index contributed by atoms with van der Waals surface area (Å²) in [6.45, 7) is 4.34. The normalized spacial score (nSPS) is 12.4. The minimum absolute atomic E-state index is 0.129. The summed E-state index contributed by atoms with van der Waals surface area (Å²) in [5.41, 5.74) is 2.25. The molecule has 1 heterocycles. The van der Waals surface area contributed by atoms with E-state index in [1.807, 2.05) is 12.1 Å². The van der Waals surface area contributed by atoms with Crippen LogP contribution in [0, 0.1) is 6.92 Å². The van der Waals surface area contributed by atoms with E-state index in [4.69, 9.17) is 4.74 Å². The summed E-state index contributed by atoms with van der Waals surface area (Å²) in [7, 11) is 1.49. The molecule has 1 unspecified atom stereocenters. The summed E-state index contributed by atoms with van der Waals surface area (Å²) < 4.78 is 7.28. The number of para-hydroxylation sites is 1. The number of unbranched alkanes of at least 4 members (excludes halogenated alkanes) is 9. The number of fused-ring (bicyclic) bond motifs is 1. The van der Waals surface area contributed by atoms with E-state index in [9.17, 15) is 4.79 Å². The summed E-state index contributed by atoms with van der Waals surface area (Å²) in [5.74, 6) is -0.129. The average molecular weight is 372 g/mol. The van der Waals surface area contributed by atoms with Gasteiger partial charge in [-0.3, -0.25) is 0 Å². The smallest absolute Gasteiger partial charge is 0.328 e. The molecule has 2 rings (SSSR count). The first-order valence-electron chi connectivity index (χ1n) is 10.8. The average Bonchev–Trinajstić information content (AvgIpc) is 3.01. The third kappa shape index (κ3) is 6.41. The van der Waals surface area contributed by atoms with Crippen molar-refractivity contribution in [1.82, 2.24) is 4.57 Å². The highest BCUT2D eigenvalue weighted by atomic mass is 16.5. The Labute approximate surface area is 165 Å². The molecule has 0 radical (unpaired) electrons. The Hall–Kier alpha value is -1.77. The molecule has 27 heavy (non-hydrogen) atoms. The summed E-state index contributed by atoms with van der Waals surface area (Å²) in [5, 5.41) is 1.19. The van der Waals surface area contributed by atoms with Crippen molar-refractivity contribution in [3.8, 4) is 0 Å². The van der Waals surface area contributed by atoms with Crippen molar-refractivity contribution in [3.05, 3.63) is 36.0 Å². The Balaban J connectivity index is 1.82. The lowest BCUT2D eigenvalue weighted by molar-refractivity contribution is -0.144. The zero-order valence-corrected chi connectivity index (χ0v) is 17.5. The fourth-order valence-electron chi connectivity index (χ4n) is 4.04. The molecule has 3 nitrogen and oxygen atoms in total. The molecule has 0 bridgehead atoms. The molecule has 1 atom stereocenters. The second kappa shape index (κ2) is 11.8. The maximum absolute atomic E-state index is 12.5. The number of rotatable bonds is 13. The maximum atomic E-state index is 12.5. The monoisotopic (exact) mass is 371 g/mol. The number of hydrogen-bond donors (Lipinski definition) is 0. The number of aromatic nitrogens is 1. The second-order valence-electron chi connectivity index (χ2n) is 7.72. The quantitative estimate of drug-likeness (QED) is 0.281. The molecule has 150 valence electrons. The number of esters is 1. The largest absolute Gasteiger partial charge is 0.467 e. The standard InChI is InChI=1S/C24H37NO2/c1-4-5-6-7-8-9-10-11-12-13-18-23(24(26)27-3)25-20(2)19-21-16-14-15-17-22(21)25/h14-17,19,23H,4-13,18H2,1-3H3. The summed E-state index contributed by atoms with van der Waals surface area (Å²) in [6, 6.07) is 10.2. The number of aryl methyl sites for hydroxylation is 1. The van der Waals surface area contributed by atoms with Gasteiger partial charge in [-0.25, -0.2) is 4.79 Å². The van der Waals surface area contributed by atoms with Crippen molar-refractivity contribution < 1.29 is 9.53 Å². The first-order valence-corrected chi connectivity index (χ1v) is 10.8. The highest BCUT2D eigenvalue weighted by Gasteiger charge is 2.23. The van der Waals surface area contributed by atoms with E-state index in [2.05, 4.69) is 36.6 Å². The van der Waals surface area contributed by atoms with Crippen LogP contribution in [-0.2, 0) is 9.53 Å². The van der Waals surface area contributed by atoms with Crippen molar-refractivity contribution in [1.29, 1.82) is 0 Å². The molecular formula is C24H37NO2.